The van der Waals surface area contributed by atoms with Crippen LogP contribution in [0.2, 0.25) is 0 Å². The molecule has 0 aliphatic carbocycles. The van der Waals surface area contributed by atoms with E-state index >= 15 is 0 Å². The number of hydrogen-bond acceptors (Lipinski definition) is 4. The summed E-state index contributed by atoms with van der Waals surface area (Å²) in [5, 5.41) is 2.37. The molecule has 0 aliphatic rings. The van der Waals surface area contributed by atoms with E-state index in [4.69, 9.17) is 5.73 Å². The molecule has 1 aromatic carbocycles. The number of nitrogens with two attached hydrogens (primary N) is 1. The molecule has 0 bridgehead atoms. The van der Waals surface area contributed by atoms with Gasteiger partial charge in [0, 0.05) is 19.6 Å². The molecule has 22 heavy (non-hydrogen) atoms. The number of amides is 2. The van der Waals surface area contributed by atoms with E-state index in [1.165, 1.54) is 4.31 Å². The Morgan fingerprint density at radius 2 is 1.68 bits per heavy atom. The minimum Gasteiger partial charge on any atom is -0.361 e. The van der Waals surface area contributed by atoms with Crippen LogP contribution in [0.5, 0.6) is 0 Å². The Bertz CT molecular complexity index is 622. The van der Waals surface area contributed by atoms with Gasteiger partial charge in [0.2, 0.25) is 10.0 Å². The average molecular weight is 327 g/mol. The number of sulfonamides is 1. The van der Waals surface area contributed by atoms with Gasteiger partial charge in [0.15, 0.2) is 0 Å². The fourth-order valence-corrected chi connectivity index (χ4v) is 3.41. The molecule has 0 aliphatic heterocycles. The highest BCUT2D eigenvalue weighted by molar-refractivity contribution is 7.89. The lowest BCUT2D eigenvalue weighted by molar-refractivity contribution is -0.137. The Morgan fingerprint density at radius 3 is 2.14 bits per heavy atom. The summed E-state index contributed by atoms with van der Waals surface area (Å²) in [7, 11) is -3.46. The van der Waals surface area contributed by atoms with Crippen LogP contribution in [0.3, 0.4) is 0 Å². The molecule has 0 radical (unpaired) electrons. The fraction of sp³-hybridized carbons (Fsp3) is 0.429. The number of carbonyl (C=O) groups excluding carboxylic acids is 2. The number of carbonyl (C=O) groups is 2. The van der Waals surface area contributed by atoms with E-state index in [0.29, 0.717) is 19.5 Å². The third kappa shape index (κ3) is 4.54. The van der Waals surface area contributed by atoms with E-state index in [2.05, 4.69) is 5.32 Å². The first-order chi connectivity index (χ1) is 10.3. The van der Waals surface area contributed by atoms with E-state index in [1.807, 2.05) is 0 Å². The van der Waals surface area contributed by atoms with Crippen molar-refractivity contribution in [2.75, 3.05) is 19.6 Å². The molecule has 7 nitrogen and oxygen atoms in total. The largest absolute Gasteiger partial charge is 0.361 e. The van der Waals surface area contributed by atoms with E-state index in [-0.39, 0.29) is 11.4 Å². The van der Waals surface area contributed by atoms with Crippen LogP contribution in [0.15, 0.2) is 29.2 Å². The van der Waals surface area contributed by atoms with E-state index in [9.17, 15) is 18.0 Å². The van der Waals surface area contributed by atoms with Crippen molar-refractivity contribution in [3.05, 3.63) is 29.8 Å². The molecule has 0 saturated heterocycles. The average Bonchev–Trinajstić information content (AvgIpc) is 2.48. The lowest BCUT2D eigenvalue weighted by Gasteiger charge is -2.18. The summed E-state index contributed by atoms with van der Waals surface area (Å²) in [6.07, 6.45) is 0.477. The zero-order chi connectivity index (χ0) is 16.8. The summed E-state index contributed by atoms with van der Waals surface area (Å²) in [5.41, 5.74) is 5.67. The van der Waals surface area contributed by atoms with Crippen LogP contribution >= 0.6 is 0 Å². The maximum absolute atomic E-state index is 12.3. The predicted octanol–water partition coefficient (Wildman–Crippen LogP) is -0.139. The van der Waals surface area contributed by atoms with Crippen LogP contribution in [-0.4, -0.2) is 44.2 Å². The first kappa shape index (κ1) is 18.1. The minimum atomic E-state index is -3.46. The Labute approximate surface area is 130 Å². The van der Waals surface area contributed by atoms with Crippen LogP contribution in [0, 0.1) is 0 Å². The van der Waals surface area contributed by atoms with Crippen molar-refractivity contribution < 1.29 is 18.0 Å². The summed E-state index contributed by atoms with van der Waals surface area (Å²) in [5.74, 6) is -1.86. The van der Waals surface area contributed by atoms with Gasteiger partial charge < -0.3 is 11.1 Å². The number of hydrogen-bond donors (Lipinski definition) is 2. The third-order valence-electron chi connectivity index (χ3n) is 3.19. The van der Waals surface area contributed by atoms with Crippen molar-refractivity contribution in [1.29, 1.82) is 0 Å². The molecular formula is C14H21N3O4S. The highest BCUT2D eigenvalue weighted by atomic mass is 32.2. The Kier molecular flexibility index (Phi) is 6.51. The lowest BCUT2D eigenvalue weighted by atomic mass is 10.1. The number of rotatable bonds is 7. The number of benzene rings is 1. The number of nitrogens with zero attached hydrogens (tertiary/aromatic N) is 1. The van der Waals surface area contributed by atoms with Crippen LogP contribution < -0.4 is 11.1 Å². The molecule has 8 heteroatoms. The molecule has 0 saturated carbocycles. The second kappa shape index (κ2) is 7.90. The third-order valence-corrected chi connectivity index (χ3v) is 5.25. The molecule has 0 heterocycles. The molecule has 0 aromatic heterocycles. The van der Waals surface area contributed by atoms with Crippen molar-refractivity contribution in [3.63, 3.8) is 0 Å². The highest BCUT2D eigenvalue weighted by Gasteiger charge is 2.21. The van der Waals surface area contributed by atoms with Crippen molar-refractivity contribution in [3.8, 4) is 0 Å². The van der Waals surface area contributed by atoms with Gasteiger partial charge in [-0.25, -0.2) is 8.42 Å². The monoisotopic (exact) mass is 327 g/mol. The minimum absolute atomic E-state index is 0.237. The topological polar surface area (TPSA) is 110 Å². The van der Waals surface area contributed by atoms with Gasteiger partial charge in [-0.15, -0.1) is 0 Å². The van der Waals surface area contributed by atoms with Crippen molar-refractivity contribution in [2.24, 2.45) is 5.73 Å². The second-order valence-electron chi connectivity index (χ2n) is 4.60. The van der Waals surface area contributed by atoms with Crippen LogP contribution in [-0.2, 0) is 26.0 Å². The molecule has 1 aromatic rings. The van der Waals surface area contributed by atoms with Crippen molar-refractivity contribution >= 4 is 21.8 Å². The molecule has 3 N–H and O–H groups in total. The molecule has 0 fully saturated rings. The van der Waals surface area contributed by atoms with Crippen LogP contribution in [0.1, 0.15) is 19.4 Å². The number of nitrogens with one attached hydrogen (secondary N) is 1. The standard InChI is InChI=1S/C14H21N3O4S/c1-3-17(4-2)22(20,21)12-7-5-11(6-8-12)9-10-16-14(19)13(15)18/h5-8H,3-4,9-10H2,1-2H3,(H2,15,18)(H,16,19). The first-order valence-electron chi connectivity index (χ1n) is 6.99. The molecular weight excluding hydrogens is 306 g/mol. The Hall–Kier alpha value is -1.93. The summed E-state index contributed by atoms with van der Waals surface area (Å²) in [6.45, 7) is 4.66. The van der Waals surface area contributed by atoms with Gasteiger partial charge in [-0.05, 0) is 24.1 Å². The Balaban J connectivity index is 2.71. The maximum atomic E-state index is 12.3. The lowest BCUT2D eigenvalue weighted by Crippen LogP contribution is -2.37. The summed E-state index contributed by atoms with van der Waals surface area (Å²) < 4.78 is 26.0. The zero-order valence-electron chi connectivity index (χ0n) is 12.7. The van der Waals surface area contributed by atoms with Crippen LogP contribution in [0.4, 0.5) is 0 Å². The van der Waals surface area contributed by atoms with Gasteiger partial charge in [-0.2, -0.15) is 4.31 Å². The molecule has 122 valence electrons. The highest BCUT2D eigenvalue weighted by Crippen LogP contribution is 2.16. The molecule has 0 atom stereocenters. The quantitative estimate of drug-likeness (QED) is 0.679. The van der Waals surface area contributed by atoms with E-state index in [0.717, 1.165) is 5.56 Å². The smallest absolute Gasteiger partial charge is 0.309 e. The van der Waals surface area contributed by atoms with Crippen LogP contribution in [0.25, 0.3) is 0 Å². The van der Waals surface area contributed by atoms with Crippen molar-refractivity contribution in [1.82, 2.24) is 9.62 Å². The normalized spacial score (nSPS) is 11.4. The SMILES string of the molecule is CCN(CC)S(=O)(=O)c1ccc(CCNC(=O)C(N)=O)cc1. The predicted molar refractivity (Wildman–Crippen MR) is 82.5 cm³/mol. The Morgan fingerprint density at radius 1 is 1.14 bits per heavy atom. The van der Waals surface area contributed by atoms with Gasteiger partial charge >= 0.3 is 11.8 Å². The molecule has 1 rings (SSSR count). The van der Waals surface area contributed by atoms with Gasteiger partial charge in [-0.3, -0.25) is 9.59 Å². The second-order valence-corrected chi connectivity index (χ2v) is 6.54. The maximum Gasteiger partial charge on any atom is 0.309 e. The van der Waals surface area contributed by atoms with E-state index < -0.39 is 21.8 Å². The summed E-state index contributed by atoms with van der Waals surface area (Å²) in [4.78, 5) is 21.8. The fourth-order valence-electron chi connectivity index (χ4n) is 1.95. The van der Waals surface area contributed by atoms with Gasteiger partial charge in [0.05, 0.1) is 4.90 Å². The molecule has 2 amide bonds. The number of primary amides is 1. The van der Waals surface area contributed by atoms with Crippen molar-refractivity contribution in [2.45, 2.75) is 25.2 Å². The summed E-state index contributed by atoms with van der Waals surface area (Å²) >= 11 is 0. The first-order valence-corrected chi connectivity index (χ1v) is 8.43. The zero-order valence-corrected chi connectivity index (χ0v) is 13.5. The van der Waals surface area contributed by atoms with E-state index in [1.54, 1.807) is 38.1 Å². The molecule has 0 unspecified atom stereocenters. The van der Waals surface area contributed by atoms with Gasteiger partial charge in [-0.1, -0.05) is 26.0 Å². The van der Waals surface area contributed by atoms with Gasteiger partial charge in [0.25, 0.3) is 0 Å². The summed E-state index contributed by atoms with van der Waals surface area (Å²) in [6, 6.07) is 6.46. The van der Waals surface area contributed by atoms with Gasteiger partial charge in [0.1, 0.15) is 0 Å². The molecule has 0 spiro atoms.